The van der Waals surface area contributed by atoms with Crippen LogP contribution in [0.2, 0.25) is 0 Å². The summed E-state index contributed by atoms with van der Waals surface area (Å²) in [6.07, 6.45) is 0.462. The molecule has 0 saturated heterocycles. The molecule has 0 spiro atoms. The summed E-state index contributed by atoms with van der Waals surface area (Å²) in [6.45, 7) is 3.40. The summed E-state index contributed by atoms with van der Waals surface area (Å²) in [5.41, 5.74) is 0.893. The van der Waals surface area contributed by atoms with E-state index in [0.29, 0.717) is 23.5 Å². The second-order valence-corrected chi connectivity index (χ2v) is 4.51. The van der Waals surface area contributed by atoms with E-state index in [-0.39, 0.29) is 37.6 Å². The number of rotatable bonds is 8. The molecule has 1 aromatic rings. The van der Waals surface area contributed by atoms with Crippen molar-refractivity contribution in [2.45, 2.75) is 26.7 Å². The molecule has 21 heavy (non-hydrogen) atoms. The van der Waals surface area contributed by atoms with Gasteiger partial charge in [-0.3, -0.25) is 9.59 Å². The van der Waals surface area contributed by atoms with E-state index in [1.807, 2.05) is 0 Å². The van der Waals surface area contributed by atoms with Crippen molar-refractivity contribution < 1.29 is 19.4 Å². The molecule has 116 valence electrons. The van der Waals surface area contributed by atoms with Crippen LogP contribution < -0.4 is 10.9 Å². The van der Waals surface area contributed by atoms with Gasteiger partial charge in [0.15, 0.2) is 0 Å². The normalized spacial score (nSPS) is 10.4. The predicted molar refractivity (Wildman–Crippen MR) is 74.1 cm³/mol. The highest BCUT2D eigenvalue weighted by Crippen LogP contribution is 2.02. The molecule has 0 aliphatic rings. The SMILES string of the molecule is Cc1nc(C)c(CCC(=O)NCCOCC(=O)O)c(=O)[nH]1. The minimum atomic E-state index is -1.05. The molecule has 0 atom stereocenters. The molecule has 0 aliphatic carbocycles. The lowest BCUT2D eigenvalue weighted by Gasteiger charge is -2.07. The van der Waals surface area contributed by atoms with E-state index in [9.17, 15) is 14.4 Å². The molecule has 8 nitrogen and oxygen atoms in total. The summed E-state index contributed by atoms with van der Waals surface area (Å²) >= 11 is 0. The summed E-state index contributed by atoms with van der Waals surface area (Å²) < 4.78 is 4.78. The average Bonchev–Trinajstić information content (AvgIpc) is 2.36. The van der Waals surface area contributed by atoms with Gasteiger partial charge in [-0.2, -0.15) is 0 Å². The van der Waals surface area contributed by atoms with E-state index < -0.39 is 5.97 Å². The van der Waals surface area contributed by atoms with Crippen LogP contribution in [0.4, 0.5) is 0 Å². The number of amides is 1. The van der Waals surface area contributed by atoms with Crippen LogP contribution in [0.1, 0.15) is 23.5 Å². The van der Waals surface area contributed by atoms with E-state index >= 15 is 0 Å². The fourth-order valence-corrected chi connectivity index (χ4v) is 1.79. The molecule has 3 N–H and O–H groups in total. The number of H-pyrrole nitrogens is 1. The van der Waals surface area contributed by atoms with Gasteiger partial charge in [0.05, 0.1) is 6.61 Å². The predicted octanol–water partition coefficient (Wildman–Crippen LogP) is -0.463. The quantitative estimate of drug-likeness (QED) is 0.558. The minimum absolute atomic E-state index is 0.129. The molecule has 0 fully saturated rings. The Morgan fingerprint density at radius 3 is 2.71 bits per heavy atom. The summed E-state index contributed by atoms with van der Waals surface area (Å²) in [7, 11) is 0. The van der Waals surface area contributed by atoms with Crippen LogP contribution >= 0.6 is 0 Å². The van der Waals surface area contributed by atoms with E-state index in [1.165, 1.54) is 0 Å². The largest absolute Gasteiger partial charge is 0.480 e. The number of nitrogens with zero attached hydrogens (tertiary/aromatic N) is 1. The number of carbonyl (C=O) groups is 2. The van der Waals surface area contributed by atoms with Crippen LogP contribution in [0.15, 0.2) is 4.79 Å². The fourth-order valence-electron chi connectivity index (χ4n) is 1.79. The van der Waals surface area contributed by atoms with Gasteiger partial charge < -0.3 is 20.1 Å². The van der Waals surface area contributed by atoms with Crippen molar-refractivity contribution in [1.29, 1.82) is 0 Å². The maximum Gasteiger partial charge on any atom is 0.329 e. The Morgan fingerprint density at radius 1 is 1.38 bits per heavy atom. The highest BCUT2D eigenvalue weighted by Gasteiger charge is 2.09. The van der Waals surface area contributed by atoms with Crippen molar-refractivity contribution in [3.63, 3.8) is 0 Å². The number of carbonyl (C=O) groups excluding carboxylic acids is 1. The van der Waals surface area contributed by atoms with Crippen molar-refractivity contribution in [3.8, 4) is 0 Å². The summed E-state index contributed by atoms with van der Waals surface area (Å²) in [4.78, 5) is 40.3. The highest BCUT2D eigenvalue weighted by molar-refractivity contribution is 5.76. The van der Waals surface area contributed by atoms with E-state index in [2.05, 4.69) is 15.3 Å². The van der Waals surface area contributed by atoms with E-state index in [4.69, 9.17) is 9.84 Å². The van der Waals surface area contributed by atoms with Crippen LogP contribution in [-0.2, 0) is 20.7 Å². The first-order chi connectivity index (χ1) is 9.90. The van der Waals surface area contributed by atoms with Gasteiger partial charge in [-0.15, -0.1) is 0 Å². The lowest BCUT2D eigenvalue weighted by Crippen LogP contribution is -2.29. The number of carboxylic acids is 1. The first kappa shape index (κ1) is 16.8. The maximum atomic E-state index is 11.7. The first-order valence-electron chi connectivity index (χ1n) is 6.52. The van der Waals surface area contributed by atoms with Gasteiger partial charge >= 0.3 is 5.97 Å². The number of carboxylic acid groups (broad SMARTS) is 1. The zero-order valence-electron chi connectivity index (χ0n) is 12.1. The van der Waals surface area contributed by atoms with Crippen LogP contribution in [0.3, 0.4) is 0 Å². The number of hydrogen-bond donors (Lipinski definition) is 3. The Balaban J connectivity index is 2.34. The third kappa shape index (κ3) is 6.17. The van der Waals surface area contributed by atoms with Gasteiger partial charge in [0.2, 0.25) is 5.91 Å². The molecule has 0 bridgehead atoms. The first-order valence-corrected chi connectivity index (χ1v) is 6.52. The van der Waals surface area contributed by atoms with Crippen LogP contribution in [0.25, 0.3) is 0 Å². The van der Waals surface area contributed by atoms with Crippen molar-refractivity contribution in [2.24, 2.45) is 0 Å². The topological polar surface area (TPSA) is 121 Å². The summed E-state index contributed by atoms with van der Waals surface area (Å²) in [5, 5.41) is 10.9. The third-order valence-electron chi connectivity index (χ3n) is 2.74. The number of aromatic amines is 1. The number of nitrogens with one attached hydrogen (secondary N) is 2. The van der Waals surface area contributed by atoms with Crippen LogP contribution in [-0.4, -0.2) is 46.7 Å². The molecular weight excluding hydrogens is 278 g/mol. The Bertz CT molecular complexity index is 567. The second kappa shape index (κ2) is 8.15. The highest BCUT2D eigenvalue weighted by atomic mass is 16.5. The van der Waals surface area contributed by atoms with Crippen molar-refractivity contribution in [1.82, 2.24) is 15.3 Å². The molecule has 1 amide bonds. The van der Waals surface area contributed by atoms with Gasteiger partial charge in [-0.1, -0.05) is 0 Å². The molecule has 8 heteroatoms. The van der Waals surface area contributed by atoms with Gasteiger partial charge in [-0.05, 0) is 20.3 Å². The van der Waals surface area contributed by atoms with Crippen molar-refractivity contribution in [3.05, 3.63) is 27.4 Å². The van der Waals surface area contributed by atoms with Gasteiger partial charge in [0.25, 0.3) is 5.56 Å². The molecule has 1 rings (SSSR count). The molecule has 1 heterocycles. The number of aryl methyl sites for hydroxylation is 2. The minimum Gasteiger partial charge on any atom is -0.480 e. The van der Waals surface area contributed by atoms with Crippen molar-refractivity contribution in [2.75, 3.05) is 19.8 Å². The average molecular weight is 297 g/mol. The number of aliphatic carboxylic acids is 1. The molecule has 0 aromatic carbocycles. The van der Waals surface area contributed by atoms with E-state index in [0.717, 1.165) is 0 Å². The van der Waals surface area contributed by atoms with Crippen LogP contribution in [0.5, 0.6) is 0 Å². The van der Waals surface area contributed by atoms with Gasteiger partial charge in [0.1, 0.15) is 12.4 Å². The monoisotopic (exact) mass is 297 g/mol. The summed E-state index contributed by atoms with van der Waals surface area (Å²) in [5.74, 6) is -0.738. The maximum absolute atomic E-state index is 11.7. The molecular formula is C13H19N3O5. The van der Waals surface area contributed by atoms with Crippen molar-refractivity contribution >= 4 is 11.9 Å². The number of ether oxygens (including phenoxy) is 1. The second-order valence-electron chi connectivity index (χ2n) is 4.51. The standard InChI is InChI=1S/C13H19N3O5/c1-8-10(13(20)16-9(2)15-8)3-4-11(17)14-5-6-21-7-12(18)19/h3-7H2,1-2H3,(H,14,17)(H,18,19)(H,15,16,20). The lowest BCUT2D eigenvalue weighted by atomic mass is 10.1. The zero-order valence-corrected chi connectivity index (χ0v) is 12.1. The Morgan fingerprint density at radius 2 is 2.10 bits per heavy atom. The Hall–Kier alpha value is -2.22. The number of hydrogen-bond acceptors (Lipinski definition) is 5. The summed E-state index contributed by atoms with van der Waals surface area (Å²) in [6, 6.07) is 0. The molecule has 1 aromatic heterocycles. The molecule has 0 saturated carbocycles. The van der Waals surface area contributed by atoms with Crippen LogP contribution in [0, 0.1) is 13.8 Å². The van der Waals surface area contributed by atoms with Gasteiger partial charge in [-0.25, -0.2) is 9.78 Å². The smallest absolute Gasteiger partial charge is 0.329 e. The third-order valence-corrected chi connectivity index (χ3v) is 2.74. The molecule has 0 aliphatic heterocycles. The lowest BCUT2D eigenvalue weighted by molar-refractivity contribution is -0.142. The fraction of sp³-hybridized carbons (Fsp3) is 0.538. The van der Waals surface area contributed by atoms with E-state index in [1.54, 1.807) is 13.8 Å². The number of aromatic nitrogens is 2. The zero-order chi connectivity index (χ0) is 15.8. The Kier molecular flexibility index (Phi) is 6.54. The van der Waals surface area contributed by atoms with Gasteiger partial charge in [0, 0.05) is 24.2 Å². The molecule has 0 unspecified atom stereocenters. The Labute approximate surface area is 121 Å². The molecule has 0 radical (unpaired) electrons.